The average molecular weight is 280 g/mol. The van der Waals surface area contributed by atoms with E-state index >= 15 is 0 Å². The summed E-state index contributed by atoms with van der Waals surface area (Å²) in [4.78, 5) is 8.59. The van der Waals surface area contributed by atoms with Gasteiger partial charge >= 0.3 is 0 Å². The van der Waals surface area contributed by atoms with Gasteiger partial charge < -0.3 is 15.4 Å². The summed E-state index contributed by atoms with van der Waals surface area (Å²) < 4.78 is 5.60. The minimum Gasteiger partial charge on any atom is -0.380 e. The van der Waals surface area contributed by atoms with Crippen LogP contribution in [0, 0.1) is 5.92 Å². The van der Waals surface area contributed by atoms with Crippen LogP contribution in [0.4, 0.5) is 11.6 Å². The van der Waals surface area contributed by atoms with Crippen molar-refractivity contribution in [3.8, 4) is 0 Å². The Bertz CT molecular complexity index is 382. The quantitative estimate of drug-likeness (QED) is 0.645. The zero-order chi connectivity index (χ0) is 14.8. The van der Waals surface area contributed by atoms with Gasteiger partial charge in [0.15, 0.2) is 0 Å². The molecule has 1 aromatic heterocycles. The third-order valence-corrected chi connectivity index (χ3v) is 3.06. The van der Waals surface area contributed by atoms with E-state index in [9.17, 15) is 0 Å². The lowest BCUT2D eigenvalue weighted by Crippen LogP contribution is -2.14. The van der Waals surface area contributed by atoms with Crippen LogP contribution >= 0.6 is 0 Å². The lowest BCUT2D eigenvalue weighted by Gasteiger charge is -2.13. The molecule has 5 nitrogen and oxygen atoms in total. The molecule has 0 saturated heterocycles. The van der Waals surface area contributed by atoms with Gasteiger partial charge in [0.1, 0.15) is 18.0 Å². The van der Waals surface area contributed by atoms with Gasteiger partial charge in [0.05, 0.1) is 6.61 Å². The molecule has 114 valence electrons. The van der Waals surface area contributed by atoms with Crippen LogP contribution in [0.5, 0.6) is 0 Å². The predicted octanol–water partition coefficient (Wildman–Crippen LogP) is 2.95. The Balaban J connectivity index is 2.42. The normalized spacial score (nSPS) is 10.8. The second-order valence-electron chi connectivity index (χ2n) is 5.27. The Labute approximate surface area is 122 Å². The molecule has 0 radical (unpaired) electrons. The summed E-state index contributed by atoms with van der Waals surface area (Å²) in [6.45, 7) is 8.88. The minimum atomic E-state index is 0.694. The summed E-state index contributed by atoms with van der Waals surface area (Å²) in [5, 5.41) is 6.47. The first-order valence-electron chi connectivity index (χ1n) is 7.52. The van der Waals surface area contributed by atoms with Gasteiger partial charge in [-0.05, 0) is 18.8 Å². The molecule has 5 heteroatoms. The van der Waals surface area contributed by atoms with Crippen LogP contribution in [0.15, 0.2) is 6.33 Å². The van der Waals surface area contributed by atoms with Crippen molar-refractivity contribution >= 4 is 11.6 Å². The lowest BCUT2D eigenvalue weighted by atomic mass is 10.1. The number of anilines is 2. The third kappa shape index (κ3) is 5.74. The molecule has 0 aliphatic carbocycles. The van der Waals surface area contributed by atoms with E-state index in [0.717, 1.165) is 49.6 Å². The van der Waals surface area contributed by atoms with Gasteiger partial charge in [0.25, 0.3) is 0 Å². The largest absolute Gasteiger partial charge is 0.380 e. The van der Waals surface area contributed by atoms with Crippen molar-refractivity contribution in [2.45, 2.75) is 40.0 Å². The minimum absolute atomic E-state index is 0.694. The highest BCUT2D eigenvalue weighted by Crippen LogP contribution is 2.20. The first kappa shape index (κ1) is 16.7. The molecule has 0 aliphatic heterocycles. The SMILES string of the molecule is CCCc1c(NC)ncnc1NCCOCCC(C)C. The van der Waals surface area contributed by atoms with E-state index in [1.807, 2.05) is 7.05 Å². The Morgan fingerprint density at radius 1 is 1.20 bits per heavy atom. The van der Waals surface area contributed by atoms with Crippen molar-refractivity contribution in [2.75, 3.05) is 37.4 Å². The zero-order valence-corrected chi connectivity index (χ0v) is 13.2. The maximum atomic E-state index is 5.60. The summed E-state index contributed by atoms with van der Waals surface area (Å²) in [7, 11) is 1.89. The molecule has 0 bridgehead atoms. The van der Waals surface area contributed by atoms with E-state index < -0.39 is 0 Å². The number of ether oxygens (including phenoxy) is 1. The van der Waals surface area contributed by atoms with Crippen molar-refractivity contribution < 1.29 is 4.74 Å². The van der Waals surface area contributed by atoms with Crippen molar-refractivity contribution in [1.29, 1.82) is 0 Å². The third-order valence-electron chi connectivity index (χ3n) is 3.06. The van der Waals surface area contributed by atoms with Crippen LogP contribution in [-0.2, 0) is 11.2 Å². The van der Waals surface area contributed by atoms with E-state index in [4.69, 9.17) is 4.74 Å². The average Bonchev–Trinajstić information content (AvgIpc) is 2.44. The standard InChI is InChI=1S/C15H28N4O/c1-5-6-13-14(16-4)18-11-19-15(13)17-8-10-20-9-7-12(2)3/h11-12H,5-10H2,1-4H3,(H2,16,17,18,19). The number of nitrogens with one attached hydrogen (secondary N) is 2. The van der Waals surface area contributed by atoms with Gasteiger partial charge in [-0.2, -0.15) is 0 Å². The second-order valence-corrected chi connectivity index (χ2v) is 5.27. The molecule has 1 heterocycles. The molecule has 0 fully saturated rings. The first-order chi connectivity index (χ1) is 9.69. The number of nitrogens with zero attached hydrogens (tertiary/aromatic N) is 2. The summed E-state index contributed by atoms with van der Waals surface area (Å²) >= 11 is 0. The van der Waals surface area contributed by atoms with Gasteiger partial charge in [-0.3, -0.25) is 0 Å². The van der Waals surface area contributed by atoms with Crippen molar-refractivity contribution in [2.24, 2.45) is 5.92 Å². The Hall–Kier alpha value is -1.36. The summed E-state index contributed by atoms with van der Waals surface area (Å²) in [6, 6.07) is 0. The van der Waals surface area contributed by atoms with E-state index in [0.29, 0.717) is 12.5 Å². The van der Waals surface area contributed by atoms with E-state index in [1.54, 1.807) is 6.33 Å². The smallest absolute Gasteiger partial charge is 0.134 e. The number of hydrogen-bond acceptors (Lipinski definition) is 5. The van der Waals surface area contributed by atoms with Gasteiger partial charge in [-0.1, -0.05) is 27.2 Å². The molecular weight excluding hydrogens is 252 g/mol. The topological polar surface area (TPSA) is 59.1 Å². The number of aromatic nitrogens is 2. The molecule has 0 saturated carbocycles. The molecular formula is C15H28N4O. The molecule has 20 heavy (non-hydrogen) atoms. The van der Waals surface area contributed by atoms with Gasteiger partial charge in [0.2, 0.25) is 0 Å². The second kappa shape index (κ2) is 9.53. The van der Waals surface area contributed by atoms with Crippen molar-refractivity contribution in [3.63, 3.8) is 0 Å². The molecule has 2 N–H and O–H groups in total. The lowest BCUT2D eigenvalue weighted by molar-refractivity contribution is 0.132. The Morgan fingerprint density at radius 3 is 2.60 bits per heavy atom. The highest BCUT2D eigenvalue weighted by atomic mass is 16.5. The zero-order valence-electron chi connectivity index (χ0n) is 13.2. The fourth-order valence-electron chi connectivity index (χ4n) is 1.93. The molecule has 0 spiro atoms. The highest BCUT2D eigenvalue weighted by molar-refractivity contribution is 5.57. The van der Waals surface area contributed by atoms with Crippen molar-refractivity contribution in [3.05, 3.63) is 11.9 Å². The van der Waals surface area contributed by atoms with E-state index in [-0.39, 0.29) is 0 Å². The predicted molar refractivity (Wildman–Crippen MR) is 84.3 cm³/mol. The van der Waals surface area contributed by atoms with Crippen LogP contribution in [0.2, 0.25) is 0 Å². The summed E-state index contributed by atoms with van der Waals surface area (Å²) in [5.74, 6) is 2.52. The van der Waals surface area contributed by atoms with Crippen LogP contribution in [-0.4, -0.2) is 36.8 Å². The van der Waals surface area contributed by atoms with E-state index in [1.165, 1.54) is 0 Å². The Kier molecular flexibility index (Phi) is 7.95. The number of rotatable bonds is 10. The first-order valence-corrected chi connectivity index (χ1v) is 7.52. The van der Waals surface area contributed by atoms with Crippen LogP contribution in [0.25, 0.3) is 0 Å². The van der Waals surface area contributed by atoms with Crippen LogP contribution in [0.3, 0.4) is 0 Å². The number of hydrogen-bond donors (Lipinski definition) is 2. The molecule has 0 aromatic carbocycles. The van der Waals surface area contributed by atoms with Gasteiger partial charge in [-0.15, -0.1) is 0 Å². The summed E-state index contributed by atoms with van der Waals surface area (Å²) in [5.41, 5.74) is 1.15. The molecule has 0 atom stereocenters. The molecule has 0 aliphatic rings. The fourth-order valence-corrected chi connectivity index (χ4v) is 1.93. The van der Waals surface area contributed by atoms with E-state index in [2.05, 4.69) is 41.4 Å². The monoisotopic (exact) mass is 280 g/mol. The molecule has 1 rings (SSSR count). The molecule has 1 aromatic rings. The highest BCUT2D eigenvalue weighted by Gasteiger charge is 2.09. The van der Waals surface area contributed by atoms with Crippen LogP contribution in [0.1, 0.15) is 39.2 Å². The van der Waals surface area contributed by atoms with Crippen molar-refractivity contribution in [1.82, 2.24) is 9.97 Å². The fraction of sp³-hybridized carbons (Fsp3) is 0.733. The van der Waals surface area contributed by atoms with Gasteiger partial charge in [-0.25, -0.2) is 9.97 Å². The maximum Gasteiger partial charge on any atom is 0.134 e. The molecule has 0 amide bonds. The van der Waals surface area contributed by atoms with Crippen LogP contribution < -0.4 is 10.6 Å². The summed E-state index contributed by atoms with van der Waals surface area (Å²) in [6.07, 6.45) is 4.74. The Morgan fingerprint density at radius 2 is 1.95 bits per heavy atom. The molecule has 0 unspecified atom stereocenters. The maximum absolute atomic E-state index is 5.60. The van der Waals surface area contributed by atoms with Gasteiger partial charge in [0, 0.05) is 25.8 Å².